The molecule has 6 rings (SSSR count). The van der Waals surface area contributed by atoms with Gasteiger partial charge in [0.25, 0.3) is 5.91 Å². The van der Waals surface area contributed by atoms with E-state index in [-0.39, 0.29) is 24.4 Å². The number of fused-ring (bicyclic) bond motifs is 4. The van der Waals surface area contributed by atoms with E-state index in [9.17, 15) is 9.59 Å². The van der Waals surface area contributed by atoms with Crippen LogP contribution in [0.5, 0.6) is 0 Å². The molecule has 3 heterocycles. The molecule has 2 atom stereocenters. The zero-order valence-electron chi connectivity index (χ0n) is 18.6. The van der Waals surface area contributed by atoms with Crippen LogP contribution in [0.25, 0.3) is 10.9 Å². The Balaban J connectivity index is 1.38. The minimum Gasteiger partial charge on any atom is -0.356 e. The molecule has 1 N–H and O–H groups in total. The maximum Gasteiger partial charge on any atom is 0.266 e. The highest BCUT2D eigenvalue weighted by Gasteiger charge is 2.48. The number of nitrogens with one attached hydrogen (secondary N) is 1. The third-order valence-corrected chi connectivity index (χ3v) is 6.75. The van der Waals surface area contributed by atoms with Crippen molar-refractivity contribution in [3.8, 4) is 0 Å². The van der Waals surface area contributed by atoms with Gasteiger partial charge in [-0.15, -0.1) is 0 Å². The minimum atomic E-state index is -0.591. The monoisotopic (exact) mass is 448 g/mol. The number of nitrogens with zero attached hydrogens (tertiary/aromatic N) is 3. The van der Waals surface area contributed by atoms with Crippen LogP contribution in [-0.4, -0.2) is 45.5 Å². The van der Waals surface area contributed by atoms with Gasteiger partial charge in [0.15, 0.2) is 0 Å². The van der Waals surface area contributed by atoms with Crippen LogP contribution in [0.15, 0.2) is 90.0 Å². The van der Waals surface area contributed by atoms with Crippen molar-refractivity contribution >= 4 is 28.9 Å². The van der Waals surface area contributed by atoms with Gasteiger partial charge in [0.05, 0.1) is 6.04 Å². The Hall–Kier alpha value is -4.19. The first-order chi connectivity index (χ1) is 16.7. The number of carbonyl (C=O) groups excluding carboxylic acids is 2. The summed E-state index contributed by atoms with van der Waals surface area (Å²) in [4.78, 5) is 32.4. The van der Waals surface area contributed by atoms with Gasteiger partial charge in [0, 0.05) is 35.7 Å². The fourth-order valence-corrected chi connectivity index (χ4v) is 5.19. The maximum atomic E-state index is 13.6. The normalized spacial score (nSPS) is 20.1. The van der Waals surface area contributed by atoms with Crippen LogP contribution in [0.3, 0.4) is 0 Å². The Labute approximate surface area is 197 Å². The summed E-state index contributed by atoms with van der Waals surface area (Å²) in [5.41, 5.74) is 5.20. The lowest BCUT2D eigenvalue weighted by atomic mass is 9.86. The lowest BCUT2D eigenvalue weighted by molar-refractivity contribution is -0.158. The lowest BCUT2D eigenvalue weighted by Crippen LogP contribution is -2.61. The number of hydrogen-bond acceptors (Lipinski definition) is 3. The zero-order valence-corrected chi connectivity index (χ0v) is 18.6. The van der Waals surface area contributed by atoms with E-state index in [0.717, 1.165) is 33.3 Å². The van der Waals surface area contributed by atoms with Crippen LogP contribution in [0, 0.1) is 0 Å². The summed E-state index contributed by atoms with van der Waals surface area (Å²) in [5.74, 6) is -0.236. The molecule has 1 fully saturated rings. The van der Waals surface area contributed by atoms with Crippen molar-refractivity contribution in [3.63, 3.8) is 0 Å². The van der Waals surface area contributed by atoms with Gasteiger partial charge in [-0.2, -0.15) is 5.10 Å². The molecule has 6 nitrogen and oxygen atoms in total. The number of rotatable bonds is 4. The van der Waals surface area contributed by atoms with Gasteiger partial charge in [0.1, 0.15) is 12.6 Å². The van der Waals surface area contributed by atoms with E-state index < -0.39 is 6.04 Å². The van der Waals surface area contributed by atoms with Gasteiger partial charge in [-0.3, -0.25) is 9.59 Å². The number of piperazine rings is 1. The van der Waals surface area contributed by atoms with E-state index in [0.29, 0.717) is 12.8 Å². The third kappa shape index (κ3) is 3.39. The Morgan fingerprint density at radius 1 is 0.912 bits per heavy atom. The van der Waals surface area contributed by atoms with Crippen LogP contribution < -0.4 is 0 Å². The predicted molar refractivity (Wildman–Crippen MR) is 131 cm³/mol. The molecule has 0 saturated carbocycles. The molecule has 34 heavy (non-hydrogen) atoms. The first-order valence-corrected chi connectivity index (χ1v) is 11.5. The highest BCUT2D eigenvalue weighted by molar-refractivity contribution is 5.97. The highest BCUT2D eigenvalue weighted by atomic mass is 16.2. The van der Waals surface area contributed by atoms with Gasteiger partial charge in [0.2, 0.25) is 5.91 Å². The SMILES string of the molecule is O=C1[C@@H]2Cc3c([nH]c4ccccc34)[C@@H](c3ccccc3)N2C(=O)CN1/N=C\Cc1ccccc1. The minimum absolute atomic E-state index is 0.0560. The molecule has 0 bridgehead atoms. The molecule has 2 amide bonds. The van der Waals surface area contributed by atoms with E-state index in [1.807, 2.05) is 78.9 Å². The molecule has 0 aliphatic carbocycles. The van der Waals surface area contributed by atoms with Crippen LogP contribution >= 0.6 is 0 Å². The van der Waals surface area contributed by atoms with E-state index in [1.54, 1.807) is 11.1 Å². The second-order valence-electron chi connectivity index (χ2n) is 8.78. The molecular formula is C28H24N4O2. The van der Waals surface area contributed by atoms with Gasteiger partial charge in [-0.05, 0) is 22.8 Å². The van der Waals surface area contributed by atoms with Crippen LogP contribution in [0.4, 0.5) is 0 Å². The molecule has 4 aromatic rings. The molecule has 0 spiro atoms. The van der Waals surface area contributed by atoms with Crippen molar-refractivity contribution in [1.29, 1.82) is 0 Å². The molecular weight excluding hydrogens is 424 g/mol. The summed E-state index contributed by atoms with van der Waals surface area (Å²) >= 11 is 0. The number of benzene rings is 3. The maximum absolute atomic E-state index is 13.6. The predicted octanol–water partition coefficient (Wildman–Crippen LogP) is 4.08. The molecule has 3 aromatic carbocycles. The van der Waals surface area contributed by atoms with Gasteiger partial charge in [-0.25, -0.2) is 5.01 Å². The second-order valence-corrected chi connectivity index (χ2v) is 8.78. The summed E-state index contributed by atoms with van der Waals surface area (Å²) in [5, 5.41) is 6.85. The average Bonchev–Trinajstić information content (AvgIpc) is 3.25. The Bertz CT molecular complexity index is 1390. The number of H-pyrrole nitrogens is 1. The smallest absolute Gasteiger partial charge is 0.266 e. The Kier molecular flexibility index (Phi) is 4.99. The summed E-state index contributed by atoms with van der Waals surface area (Å²) in [6.45, 7) is -0.0560. The number of amides is 2. The third-order valence-electron chi connectivity index (χ3n) is 6.75. The Morgan fingerprint density at radius 2 is 1.62 bits per heavy atom. The van der Waals surface area contributed by atoms with Crippen LogP contribution in [0.1, 0.15) is 28.4 Å². The molecule has 0 radical (unpaired) electrons. The lowest BCUT2D eigenvalue weighted by Gasteiger charge is -2.45. The molecule has 168 valence electrons. The molecule has 2 aliphatic heterocycles. The topological polar surface area (TPSA) is 68.8 Å². The number of para-hydroxylation sites is 1. The van der Waals surface area contributed by atoms with Crippen molar-refractivity contribution in [1.82, 2.24) is 14.9 Å². The quantitative estimate of drug-likeness (QED) is 0.478. The van der Waals surface area contributed by atoms with Crippen molar-refractivity contribution < 1.29 is 9.59 Å². The number of hydrogen-bond donors (Lipinski definition) is 1. The van der Waals surface area contributed by atoms with Gasteiger partial charge < -0.3 is 9.88 Å². The standard InChI is InChI=1S/C28H24N4O2/c33-25-18-31(29-16-15-19-9-3-1-4-10-19)28(34)24-17-22-21-13-7-8-14-23(21)30-26(22)27(32(24)25)20-11-5-2-6-12-20/h1-14,16,24,27,30H,15,17-18H2/b29-16-/t24-,27+/m0/s1. The van der Waals surface area contributed by atoms with E-state index >= 15 is 0 Å². The molecule has 1 saturated heterocycles. The van der Waals surface area contributed by atoms with E-state index in [1.165, 1.54) is 5.01 Å². The molecule has 6 heteroatoms. The van der Waals surface area contributed by atoms with Crippen LogP contribution in [-0.2, 0) is 22.4 Å². The largest absolute Gasteiger partial charge is 0.356 e. The number of hydrazone groups is 1. The van der Waals surface area contributed by atoms with Crippen molar-refractivity contribution in [2.24, 2.45) is 5.10 Å². The van der Waals surface area contributed by atoms with Crippen LogP contribution in [0.2, 0.25) is 0 Å². The highest BCUT2D eigenvalue weighted by Crippen LogP contribution is 2.42. The summed E-state index contributed by atoms with van der Waals surface area (Å²) < 4.78 is 0. The summed E-state index contributed by atoms with van der Waals surface area (Å²) in [6, 6.07) is 27.1. The van der Waals surface area contributed by atoms with E-state index in [4.69, 9.17) is 0 Å². The van der Waals surface area contributed by atoms with Gasteiger partial charge >= 0.3 is 0 Å². The molecule has 2 aliphatic rings. The summed E-state index contributed by atoms with van der Waals surface area (Å²) in [7, 11) is 0. The summed E-state index contributed by atoms with van der Waals surface area (Å²) in [6.07, 6.45) is 2.79. The van der Waals surface area contributed by atoms with Crippen molar-refractivity contribution in [2.45, 2.75) is 24.9 Å². The first kappa shape index (κ1) is 20.4. The number of aromatic nitrogens is 1. The zero-order chi connectivity index (χ0) is 23.1. The fraction of sp³-hybridized carbons (Fsp3) is 0.179. The number of carbonyl (C=O) groups is 2. The Morgan fingerprint density at radius 3 is 2.41 bits per heavy atom. The van der Waals surface area contributed by atoms with Crippen molar-refractivity contribution in [3.05, 3.63) is 107 Å². The average molecular weight is 449 g/mol. The second kappa shape index (κ2) is 8.30. The first-order valence-electron chi connectivity index (χ1n) is 11.5. The van der Waals surface area contributed by atoms with E-state index in [2.05, 4.69) is 16.2 Å². The molecule has 0 unspecified atom stereocenters. The fourth-order valence-electron chi connectivity index (χ4n) is 5.19. The number of aromatic amines is 1. The van der Waals surface area contributed by atoms with Crippen molar-refractivity contribution in [2.75, 3.05) is 6.54 Å². The molecule has 1 aromatic heterocycles. The van der Waals surface area contributed by atoms with Gasteiger partial charge in [-0.1, -0.05) is 78.9 Å².